The second-order valence-electron chi connectivity index (χ2n) is 8.08. The zero-order valence-corrected chi connectivity index (χ0v) is 17.7. The number of benzene rings is 3. The fraction of sp³-hybridized carbons (Fsp3) is 0.200. The molecular formula is C25H21N3O5. The van der Waals surface area contributed by atoms with E-state index in [1.807, 2.05) is 42.5 Å². The number of anilines is 1. The Bertz CT molecular complexity index is 1300. The van der Waals surface area contributed by atoms with E-state index in [9.17, 15) is 19.2 Å². The predicted molar refractivity (Wildman–Crippen MR) is 121 cm³/mol. The molecule has 4 amide bonds. The van der Waals surface area contributed by atoms with Gasteiger partial charge in [0.25, 0.3) is 11.8 Å². The average Bonchev–Trinajstić information content (AvgIpc) is 3.13. The molecule has 0 aromatic heterocycles. The first-order chi connectivity index (χ1) is 16.0. The second-order valence-corrected chi connectivity index (χ2v) is 8.08. The van der Waals surface area contributed by atoms with Crippen molar-refractivity contribution in [3.05, 3.63) is 71.8 Å². The van der Waals surface area contributed by atoms with Gasteiger partial charge in [-0.1, -0.05) is 36.4 Å². The number of nitrogens with zero attached hydrogens (tertiary/aromatic N) is 1. The van der Waals surface area contributed by atoms with Crippen molar-refractivity contribution in [3.63, 3.8) is 0 Å². The highest BCUT2D eigenvalue weighted by molar-refractivity contribution is 6.05. The van der Waals surface area contributed by atoms with Crippen LogP contribution in [0.1, 0.15) is 28.8 Å². The van der Waals surface area contributed by atoms with Crippen LogP contribution >= 0.6 is 0 Å². The Labute approximate surface area is 189 Å². The van der Waals surface area contributed by atoms with Crippen LogP contribution in [0.4, 0.5) is 5.69 Å². The lowest BCUT2D eigenvalue weighted by Crippen LogP contribution is -2.52. The number of fused-ring (bicyclic) bond motifs is 2. The lowest BCUT2D eigenvalue weighted by atomic mass is 10.0. The number of ether oxygens (including phenoxy) is 1. The van der Waals surface area contributed by atoms with Gasteiger partial charge in [0.2, 0.25) is 11.8 Å². The quantitative estimate of drug-likeness (QED) is 0.590. The molecule has 1 atom stereocenters. The van der Waals surface area contributed by atoms with Crippen LogP contribution in [0.2, 0.25) is 0 Å². The van der Waals surface area contributed by atoms with Crippen molar-refractivity contribution >= 4 is 40.1 Å². The number of hydrogen-bond donors (Lipinski definition) is 2. The molecule has 0 spiro atoms. The molecule has 1 fully saturated rings. The van der Waals surface area contributed by atoms with Crippen LogP contribution in [0.5, 0.6) is 5.75 Å². The highest BCUT2D eigenvalue weighted by Gasteiger charge is 2.39. The van der Waals surface area contributed by atoms with Crippen LogP contribution in [-0.4, -0.2) is 41.2 Å². The molecule has 8 nitrogen and oxygen atoms in total. The molecule has 2 heterocycles. The molecule has 8 heteroatoms. The van der Waals surface area contributed by atoms with Gasteiger partial charge in [-0.25, -0.2) is 0 Å². The summed E-state index contributed by atoms with van der Waals surface area (Å²) in [7, 11) is 0. The van der Waals surface area contributed by atoms with Gasteiger partial charge < -0.3 is 15.0 Å². The molecular weight excluding hydrogens is 422 g/mol. The summed E-state index contributed by atoms with van der Waals surface area (Å²) in [5.41, 5.74) is 1.92. The number of carbonyl (C=O) groups excluding carboxylic acids is 4. The lowest BCUT2D eigenvalue weighted by molar-refractivity contribution is -0.137. The Morgan fingerprint density at radius 1 is 1.06 bits per heavy atom. The third kappa shape index (κ3) is 4.03. The highest BCUT2D eigenvalue weighted by atomic mass is 16.5. The van der Waals surface area contributed by atoms with E-state index in [4.69, 9.17) is 4.74 Å². The van der Waals surface area contributed by atoms with E-state index in [0.717, 1.165) is 16.3 Å². The maximum absolute atomic E-state index is 12.8. The van der Waals surface area contributed by atoms with Gasteiger partial charge in [-0.05, 0) is 41.6 Å². The number of hydrogen-bond acceptors (Lipinski definition) is 5. The first-order valence-corrected chi connectivity index (χ1v) is 10.7. The van der Waals surface area contributed by atoms with E-state index in [1.54, 1.807) is 18.2 Å². The molecule has 2 aliphatic rings. The molecule has 33 heavy (non-hydrogen) atoms. The number of imide groups is 1. The SMILES string of the molecule is O=C1CCC(N2Cc3cc(OCC(=O)Nc4cccc5ccccc45)ccc3C2=O)C(=O)N1. The Morgan fingerprint density at radius 2 is 1.88 bits per heavy atom. The summed E-state index contributed by atoms with van der Waals surface area (Å²) in [4.78, 5) is 50.3. The molecule has 0 saturated carbocycles. The van der Waals surface area contributed by atoms with Crippen molar-refractivity contribution in [2.75, 3.05) is 11.9 Å². The average molecular weight is 443 g/mol. The van der Waals surface area contributed by atoms with Crippen LogP contribution in [0.15, 0.2) is 60.7 Å². The zero-order valence-electron chi connectivity index (χ0n) is 17.7. The van der Waals surface area contributed by atoms with Crippen molar-refractivity contribution in [3.8, 4) is 5.75 Å². The third-order valence-electron chi connectivity index (χ3n) is 5.93. The first-order valence-electron chi connectivity index (χ1n) is 10.7. The maximum atomic E-state index is 12.8. The van der Waals surface area contributed by atoms with Crippen LogP contribution in [0.3, 0.4) is 0 Å². The minimum atomic E-state index is -0.668. The van der Waals surface area contributed by atoms with Gasteiger partial charge in [-0.2, -0.15) is 0 Å². The first kappa shape index (κ1) is 20.7. The predicted octanol–water partition coefficient (Wildman–Crippen LogP) is 2.62. The second kappa shape index (κ2) is 8.38. The van der Waals surface area contributed by atoms with Crippen molar-refractivity contribution < 1.29 is 23.9 Å². The van der Waals surface area contributed by atoms with Gasteiger partial charge in [-0.3, -0.25) is 24.5 Å². The lowest BCUT2D eigenvalue weighted by Gasteiger charge is -2.29. The molecule has 0 bridgehead atoms. The maximum Gasteiger partial charge on any atom is 0.262 e. The number of amides is 4. The zero-order chi connectivity index (χ0) is 22.9. The van der Waals surface area contributed by atoms with E-state index >= 15 is 0 Å². The summed E-state index contributed by atoms with van der Waals surface area (Å²) in [6.07, 6.45) is 0.513. The molecule has 0 radical (unpaired) electrons. The normalized spacial score (nSPS) is 17.6. The Balaban J connectivity index is 1.24. The summed E-state index contributed by atoms with van der Waals surface area (Å²) < 4.78 is 5.66. The third-order valence-corrected chi connectivity index (χ3v) is 5.93. The summed E-state index contributed by atoms with van der Waals surface area (Å²) >= 11 is 0. The minimum absolute atomic E-state index is 0.188. The van der Waals surface area contributed by atoms with E-state index in [0.29, 0.717) is 23.4 Å². The van der Waals surface area contributed by atoms with Crippen LogP contribution < -0.4 is 15.4 Å². The summed E-state index contributed by atoms with van der Waals surface area (Å²) in [5, 5.41) is 7.13. The van der Waals surface area contributed by atoms with Crippen molar-refractivity contribution in [2.45, 2.75) is 25.4 Å². The van der Waals surface area contributed by atoms with Gasteiger partial charge in [0.15, 0.2) is 6.61 Å². The molecule has 3 aromatic rings. The van der Waals surface area contributed by atoms with E-state index in [-0.39, 0.29) is 37.3 Å². The molecule has 2 N–H and O–H groups in total. The Hall–Kier alpha value is -4.20. The number of piperidine rings is 1. The van der Waals surface area contributed by atoms with Gasteiger partial charge >= 0.3 is 0 Å². The Morgan fingerprint density at radius 3 is 2.73 bits per heavy atom. The molecule has 2 aliphatic heterocycles. The van der Waals surface area contributed by atoms with Crippen molar-refractivity contribution in [1.29, 1.82) is 0 Å². The molecule has 3 aromatic carbocycles. The molecule has 1 saturated heterocycles. The van der Waals surface area contributed by atoms with Crippen LogP contribution in [-0.2, 0) is 20.9 Å². The molecule has 0 aliphatic carbocycles. The van der Waals surface area contributed by atoms with Gasteiger partial charge in [0.05, 0.1) is 0 Å². The van der Waals surface area contributed by atoms with Crippen LogP contribution in [0.25, 0.3) is 10.8 Å². The Kier molecular flexibility index (Phi) is 5.26. The molecule has 1 unspecified atom stereocenters. The van der Waals surface area contributed by atoms with Crippen molar-refractivity contribution in [2.24, 2.45) is 0 Å². The smallest absolute Gasteiger partial charge is 0.262 e. The summed E-state index contributed by atoms with van der Waals surface area (Å²) in [5.74, 6) is -0.862. The number of rotatable bonds is 5. The van der Waals surface area contributed by atoms with Crippen LogP contribution in [0, 0.1) is 0 Å². The minimum Gasteiger partial charge on any atom is -0.484 e. The van der Waals surface area contributed by atoms with Gasteiger partial charge in [0.1, 0.15) is 11.8 Å². The van der Waals surface area contributed by atoms with E-state index < -0.39 is 11.9 Å². The fourth-order valence-corrected chi connectivity index (χ4v) is 4.31. The monoisotopic (exact) mass is 443 g/mol. The summed E-state index contributed by atoms with van der Waals surface area (Å²) in [6, 6.07) is 17.8. The largest absolute Gasteiger partial charge is 0.484 e. The van der Waals surface area contributed by atoms with E-state index in [1.165, 1.54) is 4.90 Å². The highest BCUT2D eigenvalue weighted by Crippen LogP contribution is 2.30. The topological polar surface area (TPSA) is 105 Å². The van der Waals surface area contributed by atoms with Gasteiger partial charge in [0, 0.05) is 29.6 Å². The van der Waals surface area contributed by atoms with Gasteiger partial charge in [-0.15, -0.1) is 0 Å². The van der Waals surface area contributed by atoms with Crippen molar-refractivity contribution in [1.82, 2.24) is 10.2 Å². The molecule has 5 rings (SSSR count). The standard InChI is InChI=1S/C25H21N3O5/c29-22-11-10-21(24(31)27-22)28-13-16-12-17(8-9-19(16)25(28)32)33-14-23(30)26-20-7-3-5-15-4-1-2-6-18(15)20/h1-9,12,21H,10-11,13-14H2,(H,26,30)(H,27,29,31). The number of carbonyl (C=O) groups is 4. The van der Waals surface area contributed by atoms with E-state index in [2.05, 4.69) is 10.6 Å². The number of nitrogens with one attached hydrogen (secondary N) is 2. The summed E-state index contributed by atoms with van der Waals surface area (Å²) in [6.45, 7) is 0.0622. The molecule has 166 valence electrons. The fourth-order valence-electron chi connectivity index (χ4n) is 4.31.